The lowest BCUT2D eigenvalue weighted by Crippen LogP contribution is -2.21. The lowest BCUT2D eigenvalue weighted by Gasteiger charge is -2.15. The fourth-order valence-electron chi connectivity index (χ4n) is 2.08. The number of nitrogens with zero attached hydrogens (tertiary/aromatic N) is 4. The van der Waals surface area contributed by atoms with Crippen LogP contribution in [-0.2, 0) is 13.5 Å². The molecule has 0 bridgehead atoms. The van der Waals surface area contributed by atoms with Gasteiger partial charge in [0, 0.05) is 13.6 Å². The van der Waals surface area contributed by atoms with Gasteiger partial charge in [0.25, 0.3) is 0 Å². The van der Waals surface area contributed by atoms with E-state index in [1.165, 1.54) is 11.1 Å². The van der Waals surface area contributed by atoms with Crippen LogP contribution in [0.1, 0.15) is 29.8 Å². The lowest BCUT2D eigenvalue weighted by atomic mass is 9.96. The van der Waals surface area contributed by atoms with E-state index in [0.717, 1.165) is 18.8 Å². The van der Waals surface area contributed by atoms with Gasteiger partial charge in [-0.15, -0.1) is 5.10 Å². The molecule has 2 aromatic rings. The van der Waals surface area contributed by atoms with Crippen molar-refractivity contribution < 1.29 is 0 Å². The van der Waals surface area contributed by atoms with Crippen LogP contribution in [0.15, 0.2) is 24.3 Å². The van der Waals surface area contributed by atoms with Gasteiger partial charge in [-0.3, -0.25) is 0 Å². The average Bonchev–Trinajstić information content (AvgIpc) is 2.82. The Kier molecular flexibility index (Phi) is 4.04. The summed E-state index contributed by atoms with van der Waals surface area (Å²) in [5.74, 6) is 1.06. The fraction of sp³-hybridized carbons (Fsp3) is 0.462. The first kappa shape index (κ1) is 12.7. The Hall–Kier alpha value is -1.75. The highest BCUT2D eigenvalue weighted by Crippen LogP contribution is 2.21. The van der Waals surface area contributed by atoms with E-state index in [1.54, 1.807) is 4.68 Å². The Labute approximate surface area is 107 Å². The molecule has 0 saturated heterocycles. The molecular formula is C13H19N5. The average molecular weight is 245 g/mol. The molecule has 5 heteroatoms. The molecule has 2 rings (SSSR count). The Balaban J connectivity index is 2.32. The minimum atomic E-state index is 0.181. The van der Waals surface area contributed by atoms with E-state index in [1.807, 2.05) is 14.1 Å². The van der Waals surface area contributed by atoms with Crippen molar-refractivity contribution >= 4 is 0 Å². The normalized spacial score (nSPS) is 12.6. The molecule has 5 nitrogen and oxygen atoms in total. The van der Waals surface area contributed by atoms with Crippen molar-refractivity contribution in [2.24, 2.45) is 7.05 Å². The number of hydrogen-bond acceptors (Lipinski definition) is 4. The van der Waals surface area contributed by atoms with Crippen LogP contribution >= 0.6 is 0 Å². The molecule has 1 unspecified atom stereocenters. The minimum absolute atomic E-state index is 0.181. The summed E-state index contributed by atoms with van der Waals surface area (Å²) in [4.78, 5) is 0. The zero-order chi connectivity index (χ0) is 13.0. The van der Waals surface area contributed by atoms with Crippen molar-refractivity contribution in [2.75, 3.05) is 13.6 Å². The number of nitrogens with one attached hydrogen (secondary N) is 1. The highest BCUT2D eigenvalue weighted by Gasteiger charge is 2.19. The second-order valence-corrected chi connectivity index (χ2v) is 4.37. The first-order valence-electron chi connectivity index (χ1n) is 6.22. The molecule has 1 N–H and O–H groups in total. The molecule has 96 valence electrons. The Bertz CT molecular complexity index is 488. The maximum atomic E-state index is 4.12. The summed E-state index contributed by atoms with van der Waals surface area (Å²) in [5.41, 5.74) is 2.58. The molecule has 0 fully saturated rings. The van der Waals surface area contributed by atoms with Crippen molar-refractivity contribution in [2.45, 2.75) is 19.3 Å². The van der Waals surface area contributed by atoms with Gasteiger partial charge < -0.3 is 5.32 Å². The molecule has 18 heavy (non-hydrogen) atoms. The Morgan fingerprint density at radius 1 is 1.28 bits per heavy atom. The van der Waals surface area contributed by atoms with Crippen molar-refractivity contribution in [3.05, 3.63) is 41.2 Å². The molecule has 0 aliphatic carbocycles. The van der Waals surface area contributed by atoms with Crippen LogP contribution in [-0.4, -0.2) is 33.8 Å². The van der Waals surface area contributed by atoms with Crippen LogP contribution in [0.2, 0.25) is 0 Å². The van der Waals surface area contributed by atoms with Gasteiger partial charge in [-0.05, 0) is 35.0 Å². The van der Waals surface area contributed by atoms with Gasteiger partial charge >= 0.3 is 0 Å². The van der Waals surface area contributed by atoms with Gasteiger partial charge in [0.1, 0.15) is 0 Å². The standard InChI is InChI=1S/C13H19N5/c1-4-10-5-7-11(8-6-10)12(9-14-2)13-15-16-17-18(13)3/h5-8,12,14H,4,9H2,1-3H3. The van der Waals surface area contributed by atoms with Crippen molar-refractivity contribution in [3.63, 3.8) is 0 Å². The van der Waals surface area contributed by atoms with Gasteiger partial charge in [0.2, 0.25) is 0 Å². The van der Waals surface area contributed by atoms with Crippen molar-refractivity contribution in [1.29, 1.82) is 0 Å². The zero-order valence-corrected chi connectivity index (χ0v) is 11.1. The summed E-state index contributed by atoms with van der Waals surface area (Å²) in [6, 6.07) is 8.66. The summed E-state index contributed by atoms with van der Waals surface area (Å²) < 4.78 is 1.73. The largest absolute Gasteiger partial charge is 0.319 e. The zero-order valence-electron chi connectivity index (χ0n) is 11.1. The summed E-state index contributed by atoms with van der Waals surface area (Å²) in [5, 5.41) is 14.9. The van der Waals surface area contributed by atoms with Gasteiger partial charge in [-0.25, -0.2) is 4.68 Å². The van der Waals surface area contributed by atoms with E-state index in [-0.39, 0.29) is 5.92 Å². The number of hydrogen-bond donors (Lipinski definition) is 1. The predicted octanol–water partition coefficient (Wildman–Crippen LogP) is 1.12. The van der Waals surface area contributed by atoms with Crippen LogP contribution < -0.4 is 5.32 Å². The second kappa shape index (κ2) is 5.73. The lowest BCUT2D eigenvalue weighted by molar-refractivity contribution is 0.611. The first-order chi connectivity index (χ1) is 8.76. The number of rotatable bonds is 5. The second-order valence-electron chi connectivity index (χ2n) is 4.37. The third kappa shape index (κ3) is 2.56. The molecule has 0 saturated carbocycles. The molecule has 0 spiro atoms. The number of likely N-dealkylation sites (N-methyl/N-ethyl adjacent to an activating group) is 1. The van der Waals surface area contributed by atoms with Crippen LogP contribution in [0.5, 0.6) is 0 Å². The predicted molar refractivity (Wildman–Crippen MR) is 70.4 cm³/mol. The van der Waals surface area contributed by atoms with Gasteiger partial charge in [-0.1, -0.05) is 31.2 Å². The maximum Gasteiger partial charge on any atom is 0.159 e. The van der Waals surface area contributed by atoms with E-state index >= 15 is 0 Å². The Morgan fingerprint density at radius 3 is 2.50 bits per heavy atom. The van der Waals surface area contributed by atoms with Crippen molar-refractivity contribution in [1.82, 2.24) is 25.5 Å². The number of aryl methyl sites for hydroxylation is 2. The molecule has 0 radical (unpaired) electrons. The van der Waals surface area contributed by atoms with Gasteiger partial charge in [0.15, 0.2) is 5.82 Å². The van der Waals surface area contributed by atoms with Crippen LogP contribution in [0.3, 0.4) is 0 Å². The summed E-state index contributed by atoms with van der Waals surface area (Å²) in [6.45, 7) is 2.98. The highest BCUT2D eigenvalue weighted by atomic mass is 15.5. The van der Waals surface area contributed by atoms with Gasteiger partial charge in [0.05, 0.1) is 5.92 Å². The molecule has 1 heterocycles. The molecule has 0 aliphatic rings. The summed E-state index contributed by atoms with van der Waals surface area (Å²) in [6.07, 6.45) is 1.06. The number of aromatic nitrogens is 4. The monoisotopic (exact) mass is 245 g/mol. The van der Waals surface area contributed by atoms with E-state index in [9.17, 15) is 0 Å². The van der Waals surface area contributed by atoms with E-state index in [0.29, 0.717) is 0 Å². The quantitative estimate of drug-likeness (QED) is 0.857. The summed E-state index contributed by atoms with van der Waals surface area (Å²) >= 11 is 0. The molecule has 1 aromatic heterocycles. The molecule has 0 aliphatic heterocycles. The third-order valence-corrected chi connectivity index (χ3v) is 3.16. The van der Waals surface area contributed by atoms with Gasteiger partial charge in [-0.2, -0.15) is 0 Å². The highest BCUT2D eigenvalue weighted by molar-refractivity contribution is 5.29. The SMILES string of the molecule is CCc1ccc(C(CNC)c2nnnn2C)cc1. The minimum Gasteiger partial charge on any atom is -0.319 e. The third-order valence-electron chi connectivity index (χ3n) is 3.16. The van der Waals surface area contributed by atoms with Crippen LogP contribution in [0.25, 0.3) is 0 Å². The molecule has 1 atom stereocenters. The first-order valence-corrected chi connectivity index (χ1v) is 6.22. The van der Waals surface area contributed by atoms with Crippen LogP contribution in [0, 0.1) is 0 Å². The van der Waals surface area contributed by atoms with Crippen LogP contribution in [0.4, 0.5) is 0 Å². The number of benzene rings is 1. The van der Waals surface area contributed by atoms with Crippen molar-refractivity contribution in [3.8, 4) is 0 Å². The smallest absolute Gasteiger partial charge is 0.159 e. The van der Waals surface area contributed by atoms with E-state index in [4.69, 9.17) is 0 Å². The van der Waals surface area contributed by atoms with E-state index in [2.05, 4.69) is 52.0 Å². The summed E-state index contributed by atoms with van der Waals surface area (Å²) in [7, 11) is 3.82. The van der Waals surface area contributed by atoms with E-state index < -0.39 is 0 Å². The molecule has 1 aromatic carbocycles. The molecular weight excluding hydrogens is 226 g/mol. The molecule has 0 amide bonds. The topological polar surface area (TPSA) is 55.6 Å². The maximum absolute atomic E-state index is 4.12. The number of tetrazole rings is 1. The Morgan fingerprint density at radius 2 is 2.00 bits per heavy atom. The fourth-order valence-corrected chi connectivity index (χ4v) is 2.08.